The highest BCUT2D eigenvalue weighted by atomic mass is 15.2. The van der Waals surface area contributed by atoms with Crippen LogP contribution in [0.2, 0.25) is 0 Å². The summed E-state index contributed by atoms with van der Waals surface area (Å²) in [4.78, 5) is 2.36. The number of benzene rings is 3. The van der Waals surface area contributed by atoms with Crippen LogP contribution in [0.1, 0.15) is 17.5 Å². The molecule has 116 valence electrons. The molecular formula is C23H19N. The molecule has 0 unspecified atom stereocenters. The molecule has 0 bridgehead atoms. The van der Waals surface area contributed by atoms with Gasteiger partial charge in [0.1, 0.15) is 0 Å². The summed E-state index contributed by atoms with van der Waals surface area (Å²) in [6.07, 6.45) is 5.54. The second-order valence-electron chi connectivity index (χ2n) is 5.82. The first-order valence-electron chi connectivity index (χ1n) is 8.30. The van der Waals surface area contributed by atoms with Gasteiger partial charge < -0.3 is 4.90 Å². The number of rotatable bonds is 3. The maximum Gasteiger partial charge on any atom is 0.0497 e. The lowest BCUT2D eigenvalue weighted by atomic mass is 10.0. The van der Waals surface area contributed by atoms with Crippen LogP contribution in [0.25, 0.3) is 11.4 Å². The van der Waals surface area contributed by atoms with Gasteiger partial charge in [-0.1, -0.05) is 91.0 Å². The summed E-state index contributed by atoms with van der Waals surface area (Å²) in [5, 5.41) is 0. The molecule has 1 heterocycles. The Morgan fingerprint density at radius 3 is 1.38 bits per heavy atom. The molecule has 0 amide bonds. The quantitative estimate of drug-likeness (QED) is 0.575. The number of allylic oxidation sites excluding steroid dienone is 2. The maximum atomic E-state index is 2.36. The Morgan fingerprint density at radius 1 is 0.500 bits per heavy atom. The summed E-state index contributed by atoms with van der Waals surface area (Å²) < 4.78 is 0. The lowest BCUT2D eigenvalue weighted by Gasteiger charge is -2.33. The Hall–Kier alpha value is -3.06. The molecule has 0 aliphatic carbocycles. The van der Waals surface area contributed by atoms with Crippen LogP contribution in [0.4, 0.5) is 5.69 Å². The van der Waals surface area contributed by atoms with E-state index < -0.39 is 0 Å². The molecule has 1 heteroatoms. The molecule has 4 rings (SSSR count). The van der Waals surface area contributed by atoms with Crippen LogP contribution >= 0.6 is 0 Å². The van der Waals surface area contributed by atoms with Crippen LogP contribution in [0, 0.1) is 0 Å². The summed E-state index contributed by atoms with van der Waals surface area (Å²) in [5.74, 6) is 0. The van der Waals surface area contributed by atoms with Crippen LogP contribution in [0.5, 0.6) is 0 Å². The standard InChI is InChI=1S/C23H19N/c1-4-11-19(12-5-1)22-17-10-18-23(20-13-6-2-7-14-20)24(22)21-15-8-3-9-16-21/h1-9,11-18H,10H2. The molecule has 24 heavy (non-hydrogen) atoms. The number of hydrogen-bond donors (Lipinski definition) is 0. The third-order valence-corrected chi connectivity index (χ3v) is 4.26. The van der Waals surface area contributed by atoms with E-state index in [1.54, 1.807) is 0 Å². The van der Waals surface area contributed by atoms with E-state index in [0.717, 1.165) is 6.42 Å². The van der Waals surface area contributed by atoms with Crippen molar-refractivity contribution in [2.45, 2.75) is 6.42 Å². The first-order chi connectivity index (χ1) is 11.9. The van der Waals surface area contributed by atoms with Crippen molar-refractivity contribution >= 4 is 17.1 Å². The summed E-state index contributed by atoms with van der Waals surface area (Å²) in [6, 6.07) is 31.8. The van der Waals surface area contributed by atoms with Crippen molar-refractivity contribution in [3.05, 3.63) is 114 Å². The fourth-order valence-electron chi connectivity index (χ4n) is 3.16. The van der Waals surface area contributed by atoms with E-state index in [4.69, 9.17) is 0 Å². The Labute approximate surface area is 143 Å². The largest absolute Gasteiger partial charge is 0.310 e. The monoisotopic (exact) mass is 309 g/mol. The molecule has 0 spiro atoms. The summed E-state index contributed by atoms with van der Waals surface area (Å²) in [7, 11) is 0. The number of anilines is 1. The van der Waals surface area contributed by atoms with Crippen molar-refractivity contribution < 1.29 is 0 Å². The minimum Gasteiger partial charge on any atom is -0.310 e. The van der Waals surface area contributed by atoms with Gasteiger partial charge in [0.25, 0.3) is 0 Å². The van der Waals surface area contributed by atoms with Gasteiger partial charge >= 0.3 is 0 Å². The first kappa shape index (κ1) is 14.5. The van der Waals surface area contributed by atoms with Gasteiger partial charge in [0.2, 0.25) is 0 Å². The van der Waals surface area contributed by atoms with Gasteiger partial charge in [0.15, 0.2) is 0 Å². The second-order valence-corrected chi connectivity index (χ2v) is 5.82. The molecule has 1 aliphatic heterocycles. The van der Waals surface area contributed by atoms with Crippen molar-refractivity contribution in [2.24, 2.45) is 0 Å². The molecule has 0 aromatic heterocycles. The normalized spacial score (nSPS) is 14.1. The van der Waals surface area contributed by atoms with Crippen LogP contribution in [-0.4, -0.2) is 0 Å². The lowest BCUT2D eigenvalue weighted by Crippen LogP contribution is -2.22. The molecule has 1 nitrogen and oxygen atoms in total. The molecule has 0 saturated heterocycles. The third kappa shape index (κ3) is 2.77. The number of nitrogens with zero attached hydrogens (tertiary/aromatic N) is 1. The summed E-state index contributed by atoms with van der Waals surface area (Å²) >= 11 is 0. The fourth-order valence-corrected chi connectivity index (χ4v) is 3.16. The number of hydrogen-bond acceptors (Lipinski definition) is 1. The van der Waals surface area contributed by atoms with Gasteiger partial charge in [-0.2, -0.15) is 0 Å². The van der Waals surface area contributed by atoms with E-state index in [-0.39, 0.29) is 0 Å². The van der Waals surface area contributed by atoms with Crippen molar-refractivity contribution in [2.75, 3.05) is 4.90 Å². The van der Waals surface area contributed by atoms with E-state index in [9.17, 15) is 0 Å². The Bertz CT molecular complexity index is 806. The second kappa shape index (κ2) is 6.59. The van der Waals surface area contributed by atoms with E-state index in [1.165, 1.54) is 28.2 Å². The van der Waals surface area contributed by atoms with Gasteiger partial charge in [0, 0.05) is 17.1 Å². The van der Waals surface area contributed by atoms with Crippen LogP contribution in [0.15, 0.2) is 103 Å². The van der Waals surface area contributed by atoms with Gasteiger partial charge in [-0.25, -0.2) is 0 Å². The molecule has 0 radical (unpaired) electrons. The van der Waals surface area contributed by atoms with Crippen molar-refractivity contribution in [1.29, 1.82) is 0 Å². The van der Waals surface area contributed by atoms with Crippen LogP contribution in [-0.2, 0) is 0 Å². The lowest BCUT2D eigenvalue weighted by molar-refractivity contribution is 1.21. The van der Waals surface area contributed by atoms with Crippen LogP contribution in [0.3, 0.4) is 0 Å². The minimum absolute atomic E-state index is 0.942. The van der Waals surface area contributed by atoms with Gasteiger partial charge in [-0.3, -0.25) is 0 Å². The van der Waals surface area contributed by atoms with E-state index in [0.29, 0.717) is 0 Å². The molecular weight excluding hydrogens is 290 g/mol. The highest BCUT2D eigenvalue weighted by molar-refractivity contribution is 5.96. The van der Waals surface area contributed by atoms with Gasteiger partial charge in [-0.05, 0) is 29.7 Å². The van der Waals surface area contributed by atoms with Crippen molar-refractivity contribution in [3.63, 3.8) is 0 Å². The minimum atomic E-state index is 0.942. The van der Waals surface area contributed by atoms with Crippen molar-refractivity contribution in [3.8, 4) is 0 Å². The molecule has 1 aliphatic rings. The van der Waals surface area contributed by atoms with Crippen molar-refractivity contribution in [1.82, 2.24) is 0 Å². The molecule has 3 aromatic carbocycles. The first-order valence-corrected chi connectivity index (χ1v) is 8.30. The van der Waals surface area contributed by atoms with Gasteiger partial charge in [-0.15, -0.1) is 0 Å². The zero-order valence-corrected chi connectivity index (χ0v) is 13.5. The average molecular weight is 309 g/mol. The Morgan fingerprint density at radius 2 is 0.917 bits per heavy atom. The van der Waals surface area contributed by atoms with E-state index in [2.05, 4.69) is 108 Å². The predicted octanol–water partition coefficient (Wildman–Crippen LogP) is 5.98. The van der Waals surface area contributed by atoms with E-state index >= 15 is 0 Å². The van der Waals surface area contributed by atoms with Crippen LogP contribution < -0.4 is 4.90 Å². The molecule has 0 fully saturated rings. The number of para-hydroxylation sites is 1. The highest BCUT2D eigenvalue weighted by Gasteiger charge is 2.21. The third-order valence-electron chi connectivity index (χ3n) is 4.26. The predicted molar refractivity (Wildman–Crippen MR) is 102 cm³/mol. The van der Waals surface area contributed by atoms with Gasteiger partial charge in [0.05, 0.1) is 0 Å². The molecule has 0 N–H and O–H groups in total. The maximum absolute atomic E-state index is 2.36. The van der Waals surface area contributed by atoms with E-state index in [1.807, 2.05) is 0 Å². The SMILES string of the molecule is C1=C(c2ccccc2)N(c2ccccc2)C(c2ccccc2)=CC1. The smallest absolute Gasteiger partial charge is 0.0497 e. The molecule has 0 saturated carbocycles. The fraction of sp³-hybridized carbons (Fsp3) is 0.0435. The highest BCUT2D eigenvalue weighted by Crippen LogP contribution is 2.37. The summed E-state index contributed by atoms with van der Waals surface area (Å²) in [6.45, 7) is 0. The molecule has 3 aromatic rings. The topological polar surface area (TPSA) is 3.24 Å². The molecule has 0 atom stereocenters. The zero-order valence-electron chi connectivity index (χ0n) is 13.5. The average Bonchev–Trinajstić information content (AvgIpc) is 2.69. The Balaban J connectivity index is 1.85. The summed E-state index contributed by atoms with van der Waals surface area (Å²) in [5.41, 5.74) is 6.14. The zero-order chi connectivity index (χ0) is 16.2. The Kier molecular flexibility index (Phi) is 3.99.